The van der Waals surface area contributed by atoms with Crippen LogP contribution in [-0.2, 0) is 17.9 Å². The minimum atomic E-state index is -1.08. The van der Waals surface area contributed by atoms with Crippen molar-refractivity contribution in [2.24, 2.45) is 0 Å². The third-order valence-electron chi connectivity index (χ3n) is 3.42. The minimum Gasteiger partial charge on any atom is -0.480 e. The summed E-state index contributed by atoms with van der Waals surface area (Å²) in [7, 11) is 0. The average Bonchev–Trinajstić information content (AvgIpc) is 3.18. The van der Waals surface area contributed by atoms with Crippen molar-refractivity contribution in [3.05, 3.63) is 65.2 Å². The molecule has 0 aliphatic rings. The molecule has 0 spiro atoms. The lowest BCUT2D eigenvalue weighted by atomic mass is 10.2. The minimum absolute atomic E-state index is 0.154. The standard InChI is InChI=1S/C16H14ClN5O3/c17-13-4-2-1-3-11(13)8-21-9-12(7-19-21)20-16(25)14-5-6-18-22(14)10-15(23)24/h1-7,9H,8,10H2,(H,20,25)(H,23,24). The molecule has 1 amide bonds. The Balaban J connectivity index is 1.69. The van der Waals surface area contributed by atoms with E-state index in [-0.39, 0.29) is 12.2 Å². The Morgan fingerprint density at radius 2 is 2.00 bits per heavy atom. The predicted octanol–water partition coefficient (Wildman–Crippen LogP) is 2.12. The maximum absolute atomic E-state index is 12.3. The fraction of sp³-hybridized carbons (Fsp3) is 0.125. The number of carbonyl (C=O) groups excluding carboxylic acids is 1. The number of anilines is 1. The van der Waals surface area contributed by atoms with Gasteiger partial charge in [0.1, 0.15) is 12.2 Å². The van der Waals surface area contributed by atoms with E-state index in [2.05, 4.69) is 15.5 Å². The highest BCUT2D eigenvalue weighted by Crippen LogP contribution is 2.17. The fourth-order valence-corrected chi connectivity index (χ4v) is 2.49. The normalized spacial score (nSPS) is 10.6. The molecule has 0 atom stereocenters. The summed E-state index contributed by atoms with van der Waals surface area (Å²) in [5, 5.41) is 20.2. The van der Waals surface area contributed by atoms with Crippen molar-refractivity contribution in [2.75, 3.05) is 5.32 Å². The lowest BCUT2D eigenvalue weighted by Crippen LogP contribution is -2.20. The molecule has 2 N–H and O–H groups in total. The maximum atomic E-state index is 12.3. The van der Waals surface area contributed by atoms with Crippen molar-refractivity contribution in [3.8, 4) is 0 Å². The number of carboxylic acid groups (broad SMARTS) is 1. The van der Waals surface area contributed by atoms with Crippen LogP contribution in [0, 0.1) is 0 Å². The zero-order valence-corrected chi connectivity index (χ0v) is 13.7. The third kappa shape index (κ3) is 4.04. The average molecular weight is 360 g/mol. The van der Waals surface area contributed by atoms with E-state index < -0.39 is 11.9 Å². The second kappa shape index (κ2) is 7.18. The van der Waals surface area contributed by atoms with Crippen molar-refractivity contribution in [1.82, 2.24) is 19.6 Å². The lowest BCUT2D eigenvalue weighted by molar-refractivity contribution is -0.137. The zero-order chi connectivity index (χ0) is 17.8. The van der Waals surface area contributed by atoms with Gasteiger partial charge in [0.25, 0.3) is 5.91 Å². The smallest absolute Gasteiger partial charge is 0.325 e. The van der Waals surface area contributed by atoms with Crippen LogP contribution in [0.5, 0.6) is 0 Å². The van der Waals surface area contributed by atoms with Gasteiger partial charge in [-0.2, -0.15) is 10.2 Å². The first-order chi connectivity index (χ1) is 12.0. The van der Waals surface area contributed by atoms with Crippen LogP contribution in [0.3, 0.4) is 0 Å². The second-order valence-electron chi connectivity index (χ2n) is 5.24. The van der Waals surface area contributed by atoms with Crippen molar-refractivity contribution < 1.29 is 14.7 Å². The highest BCUT2D eigenvalue weighted by Gasteiger charge is 2.15. The van der Waals surface area contributed by atoms with E-state index >= 15 is 0 Å². The van der Waals surface area contributed by atoms with Gasteiger partial charge in [-0.15, -0.1) is 0 Å². The van der Waals surface area contributed by atoms with Crippen molar-refractivity contribution in [3.63, 3.8) is 0 Å². The van der Waals surface area contributed by atoms with Crippen LogP contribution < -0.4 is 5.32 Å². The van der Waals surface area contributed by atoms with Gasteiger partial charge in [0.05, 0.1) is 18.4 Å². The number of halogens is 1. The Morgan fingerprint density at radius 1 is 1.20 bits per heavy atom. The van der Waals surface area contributed by atoms with Crippen molar-refractivity contribution >= 4 is 29.2 Å². The van der Waals surface area contributed by atoms with Gasteiger partial charge < -0.3 is 10.4 Å². The summed E-state index contributed by atoms with van der Waals surface area (Å²) in [6, 6.07) is 8.88. The number of nitrogens with zero attached hydrogens (tertiary/aromatic N) is 4. The zero-order valence-electron chi connectivity index (χ0n) is 13.0. The first-order valence-corrected chi connectivity index (χ1v) is 7.71. The summed E-state index contributed by atoms with van der Waals surface area (Å²) >= 11 is 6.12. The lowest BCUT2D eigenvalue weighted by Gasteiger charge is -2.05. The molecule has 0 bridgehead atoms. The molecule has 0 aliphatic carbocycles. The van der Waals surface area contributed by atoms with Crippen LogP contribution in [0.25, 0.3) is 0 Å². The number of rotatable bonds is 6. The number of hydrogen-bond acceptors (Lipinski definition) is 4. The van der Waals surface area contributed by atoms with E-state index in [1.165, 1.54) is 18.5 Å². The molecule has 0 saturated heterocycles. The van der Waals surface area contributed by atoms with Gasteiger partial charge in [0.2, 0.25) is 0 Å². The number of carbonyl (C=O) groups is 2. The Bertz CT molecular complexity index is 918. The van der Waals surface area contributed by atoms with Gasteiger partial charge >= 0.3 is 5.97 Å². The number of aromatic nitrogens is 4. The number of benzene rings is 1. The maximum Gasteiger partial charge on any atom is 0.325 e. The molecule has 0 saturated carbocycles. The first kappa shape index (κ1) is 16.7. The molecular formula is C16H14ClN5O3. The Labute approximate surface area is 147 Å². The summed E-state index contributed by atoms with van der Waals surface area (Å²) in [5.41, 5.74) is 1.55. The van der Waals surface area contributed by atoms with Crippen LogP contribution in [0.4, 0.5) is 5.69 Å². The van der Waals surface area contributed by atoms with Crippen LogP contribution >= 0.6 is 11.6 Å². The fourth-order valence-electron chi connectivity index (χ4n) is 2.29. The molecule has 3 rings (SSSR count). The number of aliphatic carboxylic acids is 1. The largest absolute Gasteiger partial charge is 0.480 e. The van der Waals surface area contributed by atoms with Crippen LogP contribution in [0.2, 0.25) is 5.02 Å². The number of carboxylic acids is 1. The molecule has 3 aromatic rings. The van der Waals surface area contributed by atoms with Gasteiger partial charge in [0.15, 0.2) is 0 Å². The number of nitrogens with one attached hydrogen (secondary N) is 1. The topological polar surface area (TPSA) is 102 Å². The van der Waals surface area contributed by atoms with Crippen LogP contribution in [0.1, 0.15) is 16.1 Å². The highest BCUT2D eigenvalue weighted by molar-refractivity contribution is 6.31. The van der Waals surface area contributed by atoms with E-state index in [1.807, 2.05) is 18.2 Å². The number of hydrogen-bond donors (Lipinski definition) is 2. The Kier molecular flexibility index (Phi) is 4.80. The van der Waals surface area contributed by atoms with Gasteiger partial charge in [0, 0.05) is 17.4 Å². The molecule has 0 fully saturated rings. The SMILES string of the molecule is O=C(O)Cn1nccc1C(=O)Nc1cnn(Cc2ccccc2Cl)c1. The second-order valence-corrected chi connectivity index (χ2v) is 5.65. The van der Waals surface area contributed by atoms with E-state index in [1.54, 1.807) is 16.9 Å². The molecule has 0 unspecified atom stereocenters. The van der Waals surface area contributed by atoms with Gasteiger partial charge in [-0.25, -0.2) is 4.68 Å². The molecule has 2 heterocycles. The first-order valence-electron chi connectivity index (χ1n) is 7.34. The quantitative estimate of drug-likeness (QED) is 0.701. The monoisotopic (exact) mass is 359 g/mol. The van der Waals surface area contributed by atoms with E-state index in [4.69, 9.17) is 16.7 Å². The molecule has 128 valence electrons. The molecule has 8 nitrogen and oxygen atoms in total. The Morgan fingerprint density at radius 3 is 2.76 bits per heavy atom. The van der Waals surface area contributed by atoms with Crippen LogP contribution in [-0.4, -0.2) is 36.5 Å². The highest BCUT2D eigenvalue weighted by atomic mass is 35.5. The number of amides is 1. The summed E-state index contributed by atoms with van der Waals surface area (Å²) in [6.07, 6.45) is 4.55. The van der Waals surface area contributed by atoms with Gasteiger partial charge in [-0.3, -0.25) is 14.3 Å². The molecule has 0 aliphatic heterocycles. The molecule has 25 heavy (non-hydrogen) atoms. The molecular weight excluding hydrogens is 346 g/mol. The molecule has 9 heteroatoms. The van der Waals surface area contributed by atoms with Gasteiger partial charge in [-0.05, 0) is 17.7 Å². The molecule has 2 aromatic heterocycles. The summed E-state index contributed by atoms with van der Waals surface area (Å²) in [6.45, 7) is 0.0774. The van der Waals surface area contributed by atoms with Crippen LogP contribution in [0.15, 0.2) is 48.9 Å². The van der Waals surface area contributed by atoms with E-state index in [0.717, 1.165) is 10.2 Å². The van der Waals surface area contributed by atoms with E-state index in [9.17, 15) is 9.59 Å². The summed E-state index contributed by atoms with van der Waals surface area (Å²) in [4.78, 5) is 23.1. The molecule has 1 aromatic carbocycles. The van der Waals surface area contributed by atoms with E-state index in [0.29, 0.717) is 17.3 Å². The molecule has 0 radical (unpaired) electrons. The third-order valence-corrected chi connectivity index (χ3v) is 3.78. The van der Waals surface area contributed by atoms with Crippen molar-refractivity contribution in [1.29, 1.82) is 0 Å². The summed E-state index contributed by atoms with van der Waals surface area (Å²) < 4.78 is 2.76. The Hall–Kier alpha value is -3.13. The predicted molar refractivity (Wildman–Crippen MR) is 90.6 cm³/mol. The summed E-state index contributed by atoms with van der Waals surface area (Å²) in [5.74, 6) is -1.54. The van der Waals surface area contributed by atoms with Gasteiger partial charge in [-0.1, -0.05) is 29.8 Å². The van der Waals surface area contributed by atoms with Crippen molar-refractivity contribution in [2.45, 2.75) is 13.1 Å².